The van der Waals surface area contributed by atoms with E-state index in [-0.39, 0.29) is 11.9 Å². The van der Waals surface area contributed by atoms with Crippen molar-refractivity contribution < 1.29 is 19.1 Å². The molecule has 2 rings (SSSR count). The summed E-state index contributed by atoms with van der Waals surface area (Å²) in [7, 11) is 0. The first-order valence-corrected chi connectivity index (χ1v) is 6.61. The van der Waals surface area contributed by atoms with Gasteiger partial charge < -0.3 is 9.52 Å². The molecule has 2 N–H and O–H groups in total. The number of hydrogen-bond donors (Lipinski definition) is 2. The van der Waals surface area contributed by atoms with Gasteiger partial charge in [-0.2, -0.15) is 0 Å². The Hall–Kier alpha value is -2.96. The van der Waals surface area contributed by atoms with Crippen LogP contribution in [0.3, 0.4) is 0 Å². The zero-order valence-corrected chi connectivity index (χ0v) is 12.1. The molecule has 7 heteroatoms. The molecule has 1 aromatic heterocycles. The quantitative estimate of drug-likeness (QED) is 0.822. The van der Waals surface area contributed by atoms with Crippen LogP contribution in [0.15, 0.2) is 40.8 Å². The van der Waals surface area contributed by atoms with Crippen molar-refractivity contribution in [3.05, 3.63) is 42.0 Å². The predicted molar refractivity (Wildman–Crippen MR) is 79.2 cm³/mol. The molecule has 0 saturated heterocycles. The molecule has 2 aromatic rings. The van der Waals surface area contributed by atoms with Crippen LogP contribution >= 0.6 is 0 Å². The van der Waals surface area contributed by atoms with Gasteiger partial charge in [0.1, 0.15) is 0 Å². The van der Waals surface area contributed by atoms with Crippen molar-refractivity contribution in [3.63, 3.8) is 0 Å². The number of carboxylic acids is 1. The number of nitrogens with one attached hydrogen (secondary N) is 1. The summed E-state index contributed by atoms with van der Waals surface area (Å²) < 4.78 is 5.31. The van der Waals surface area contributed by atoms with E-state index in [1.165, 1.54) is 5.56 Å². The monoisotopic (exact) mass is 301 g/mol. The third kappa shape index (κ3) is 4.02. The molecule has 0 aliphatic rings. The number of nitrogens with zero attached hydrogens (tertiary/aromatic N) is 2. The summed E-state index contributed by atoms with van der Waals surface area (Å²) in [6.45, 7) is 4.19. The molecule has 7 nitrogen and oxygen atoms in total. The highest BCUT2D eigenvalue weighted by Crippen LogP contribution is 2.22. The Morgan fingerprint density at radius 2 is 1.86 bits per heavy atom. The number of carbonyl (C=O) groups is 2. The largest absolute Gasteiger partial charge is 0.478 e. The molecule has 0 spiro atoms. The number of rotatable bonds is 5. The Morgan fingerprint density at radius 1 is 1.18 bits per heavy atom. The van der Waals surface area contributed by atoms with Crippen LogP contribution in [0.5, 0.6) is 0 Å². The molecule has 0 aliphatic heterocycles. The van der Waals surface area contributed by atoms with Crippen LogP contribution < -0.4 is 5.32 Å². The highest BCUT2D eigenvalue weighted by Gasteiger charge is 2.10. The molecule has 114 valence electrons. The summed E-state index contributed by atoms with van der Waals surface area (Å²) in [6, 6.07) is 7.57. The molecule has 0 saturated carbocycles. The highest BCUT2D eigenvalue weighted by molar-refractivity contribution is 6.01. The second-order valence-electron chi connectivity index (χ2n) is 4.85. The average molecular weight is 301 g/mol. The molecule has 1 aromatic carbocycles. The molecule has 1 amide bonds. The maximum Gasteiger partial charge on any atom is 0.328 e. The third-order valence-corrected chi connectivity index (χ3v) is 2.86. The van der Waals surface area contributed by atoms with Crippen molar-refractivity contribution in [2.45, 2.75) is 19.8 Å². The van der Waals surface area contributed by atoms with Crippen molar-refractivity contribution in [1.82, 2.24) is 10.2 Å². The van der Waals surface area contributed by atoms with Gasteiger partial charge in [-0.3, -0.25) is 10.1 Å². The van der Waals surface area contributed by atoms with E-state index in [9.17, 15) is 9.59 Å². The number of aromatic nitrogens is 2. The van der Waals surface area contributed by atoms with E-state index < -0.39 is 11.9 Å². The van der Waals surface area contributed by atoms with Crippen molar-refractivity contribution in [3.8, 4) is 11.5 Å². The third-order valence-electron chi connectivity index (χ3n) is 2.86. The van der Waals surface area contributed by atoms with Gasteiger partial charge in [-0.1, -0.05) is 31.1 Å². The normalized spacial score (nSPS) is 11.0. The van der Waals surface area contributed by atoms with E-state index in [1.807, 2.05) is 24.3 Å². The molecule has 0 bridgehead atoms. The molecule has 0 aliphatic carbocycles. The van der Waals surface area contributed by atoms with Gasteiger partial charge in [-0.15, -0.1) is 5.10 Å². The minimum atomic E-state index is -1.22. The zero-order chi connectivity index (χ0) is 16.1. The topological polar surface area (TPSA) is 105 Å². The van der Waals surface area contributed by atoms with Gasteiger partial charge in [0, 0.05) is 17.7 Å². The average Bonchev–Trinajstić information content (AvgIpc) is 2.93. The first kappa shape index (κ1) is 15.4. The lowest BCUT2D eigenvalue weighted by atomic mass is 10.0. The number of anilines is 1. The molecule has 22 heavy (non-hydrogen) atoms. The Balaban J connectivity index is 2.08. The molecule has 0 unspecified atom stereocenters. The summed E-state index contributed by atoms with van der Waals surface area (Å²) >= 11 is 0. The van der Waals surface area contributed by atoms with E-state index in [0.717, 1.165) is 17.7 Å². The number of carboxylic acid groups (broad SMARTS) is 1. The van der Waals surface area contributed by atoms with Crippen molar-refractivity contribution in [1.29, 1.82) is 0 Å². The summed E-state index contributed by atoms with van der Waals surface area (Å²) in [5.41, 5.74) is 1.93. The summed E-state index contributed by atoms with van der Waals surface area (Å²) in [6.07, 6.45) is 1.58. The molecule has 1 heterocycles. The molecule has 0 fully saturated rings. The van der Waals surface area contributed by atoms with Crippen LogP contribution in [0.1, 0.15) is 25.3 Å². The van der Waals surface area contributed by atoms with Gasteiger partial charge in [0.2, 0.25) is 5.89 Å². The molecular weight excluding hydrogens is 286 g/mol. The summed E-state index contributed by atoms with van der Waals surface area (Å²) in [4.78, 5) is 21.7. The van der Waals surface area contributed by atoms with Gasteiger partial charge in [0.05, 0.1) is 0 Å². The number of benzene rings is 1. The lowest BCUT2D eigenvalue weighted by Gasteiger charge is -2.04. The van der Waals surface area contributed by atoms with E-state index in [1.54, 1.807) is 0 Å². The SMILES string of the molecule is CC(C)c1ccc(-c2nnc(NC(=O)/C=C\C(=O)O)o2)cc1. The number of aliphatic carboxylic acids is 1. The fourth-order valence-corrected chi connectivity index (χ4v) is 1.70. The number of carbonyl (C=O) groups excluding carboxylic acids is 1. The molecule has 0 atom stereocenters. The Kier molecular flexibility index (Phi) is 4.67. The smallest absolute Gasteiger partial charge is 0.328 e. The maximum absolute atomic E-state index is 11.4. The van der Waals surface area contributed by atoms with Gasteiger partial charge in [-0.05, 0) is 23.6 Å². The fourth-order valence-electron chi connectivity index (χ4n) is 1.70. The first-order valence-electron chi connectivity index (χ1n) is 6.61. The van der Waals surface area contributed by atoms with Gasteiger partial charge in [0.15, 0.2) is 0 Å². The van der Waals surface area contributed by atoms with E-state index in [2.05, 4.69) is 29.4 Å². The minimum Gasteiger partial charge on any atom is -0.478 e. The van der Waals surface area contributed by atoms with Gasteiger partial charge >= 0.3 is 12.0 Å². The van der Waals surface area contributed by atoms with Crippen LogP contribution in [0.4, 0.5) is 6.01 Å². The van der Waals surface area contributed by atoms with E-state index in [4.69, 9.17) is 9.52 Å². The van der Waals surface area contributed by atoms with Crippen LogP contribution in [-0.2, 0) is 9.59 Å². The van der Waals surface area contributed by atoms with Crippen molar-refractivity contribution in [2.24, 2.45) is 0 Å². The Labute approximate surface area is 126 Å². The van der Waals surface area contributed by atoms with Crippen LogP contribution in [0.2, 0.25) is 0 Å². The highest BCUT2D eigenvalue weighted by atomic mass is 16.4. The Bertz CT molecular complexity index is 702. The second kappa shape index (κ2) is 6.66. The molecule has 0 radical (unpaired) electrons. The number of amides is 1. The molecular formula is C15H15N3O4. The maximum atomic E-state index is 11.4. The van der Waals surface area contributed by atoms with Crippen molar-refractivity contribution >= 4 is 17.9 Å². The van der Waals surface area contributed by atoms with Crippen LogP contribution in [0, 0.1) is 0 Å². The fraction of sp³-hybridized carbons (Fsp3) is 0.200. The van der Waals surface area contributed by atoms with Gasteiger partial charge in [-0.25, -0.2) is 4.79 Å². The zero-order valence-electron chi connectivity index (χ0n) is 12.1. The van der Waals surface area contributed by atoms with Crippen LogP contribution in [-0.4, -0.2) is 27.2 Å². The lowest BCUT2D eigenvalue weighted by Crippen LogP contribution is -2.08. The minimum absolute atomic E-state index is 0.0945. The number of hydrogen-bond acceptors (Lipinski definition) is 5. The first-order chi connectivity index (χ1) is 10.5. The van der Waals surface area contributed by atoms with Crippen LogP contribution in [0.25, 0.3) is 11.5 Å². The summed E-state index contributed by atoms with van der Waals surface area (Å²) in [5.74, 6) is -1.18. The lowest BCUT2D eigenvalue weighted by molar-refractivity contribution is -0.131. The van der Waals surface area contributed by atoms with E-state index in [0.29, 0.717) is 5.92 Å². The van der Waals surface area contributed by atoms with Gasteiger partial charge in [0.25, 0.3) is 5.91 Å². The van der Waals surface area contributed by atoms with Crippen molar-refractivity contribution in [2.75, 3.05) is 5.32 Å². The summed E-state index contributed by atoms with van der Waals surface area (Å²) in [5, 5.41) is 18.2. The van der Waals surface area contributed by atoms with E-state index >= 15 is 0 Å². The second-order valence-corrected chi connectivity index (χ2v) is 4.85. The predicted octanol–water partition coefficient (Wildman–Crippen LogP) is 2.44. The Morgan fingerprint density at radius 3 is 2.45 bits per heavy atom. The standard InChI is InChI=1S/C15H15N3O4/c1-9(2)10-3-5-11(6-4-10)14-17-18-15(22-14)16-12(19)7-8-13(20)21/h3-9H,1-2H3,(H,20,21)(H,16,18,19)/b8-7-.